The first-order chi connectivity index (χ1) is 17.4. The largest absolute Gasteiger partial charge is 0.497 e. The lowest BCUT2D eigenvalue weighted by Crippen LogP contribution is -2.41. The molecular weight excluding hydrogens is 460 g/mol. The average Bonchev–Trinajstić information content (AvgIpc) is 3.22. The molecular formula is C30H27F2NO3. The Labute approximate surface area is 209 Å². The molecule has 1 N–H and O–H groups in total. The highest BCUT2D eigenvalue weighted by atomic mass is 19.1. The Morgan fingerprint density at radius 3 is 2.47 bits per heavy atom. The number of fused-ring (bicyclic) bond motifs is 2. The second-order valence-corrected chi connectivity index (χ2v) is 9.38. The number of carboxylic acid groups (broad SMARTS) is 1. The van der Waals surface area contributed by atoms with Crippen LogP contribution in [0.5, 0.6) is 5.75 Å². The van der Waals surface area contributed by atoms with Crippen molar-refractivity contribution in [1.82, 2.24) is 4.90 Å². The van der Waals surface area contributed by atoms with Crippen LogP contribution in [-0.4, -0.2) is 29.1 Å². The highest BCUT2D eigenvalue weighted by molar-refractivity contribution is 5.85. The first-order valence-electron chi connectivity index (χ1n) is 11.9. The molecule has 0 saturated carbocycles. The lowest BCUT2D eigenvalue weighted by atomic mass is 9.84. The van der Waals surface area contributed by atoms with Gasteiger partial charge in [0, 0.05) is 24.2 Å². The number of carbonyl (C=O) groups is 1. The van der Waals surface area contributed by atoms with Gasteiger partial charge in [0.15, 0.2) is 0 Å². The predicted molar refractivity (Wildman–Crippen MR) is 135 cm³/mol. The molecule has 0 saturated heterocycles. The third kappa shape index (κ3) is 4.44. The zero-order chi connectivity index (χ0) is 25.4. The van der Waals surface area contributed by atoms with Crippen molar-refractivity contribution in [3.8, 4) is 5.75 Å². The molecule has 5 rings (SSSR count). The number of ether oxygens (including phenoxy) is 1. The number of methoxy groups -OCH3 is 1. The Morgan fingerprint density at radius 2 is 1.81 bits per heavy atom. The van der Waals surface area contributed by atoms with Gasteiger partial charge in [-0.2, -0.15) is 0 Å². The quantitative estimate of drug-likeness (QED) is 0.408. The highest BCUT2D eigenvalue weighted by Gasteiger charge is 2.41. The van der Waals surface area contributed by atoms with Gasteiger partial charge in [-0.05, 0) is 83.5 Å². The molecule has 4 nitrogen and oxygen atoms in total. The zero-order valence-electron chi connectivity index (χ0n) is 20.2. The molecule has 0 fully saturated rings. The first-order valence-corrected chi connectivity index (χ1v) is 11.9. The molecule has 6 heteroatoms. The summed E-state index contributed by atoms with van der Waals surface area (Å²) in [5.74, 6) is -1.78. The van der Waals surface area contributed by atoms with Gasteiger partial charge in [0.05, 0.1) is 13.2 Å². The van der Waals surface area contributed by atoms with E-state index < -0.39 is 23.6 Å². The molecule has 36 heavy (non-hydrogen) atoms. The van der Waals surface area contributed by atoms with E-state index >= 15 is 8.78 Å². The van der Waals surface area contributed by atoms with Gasteiger partial charge in [0.1, 0.15) is 17.4 Å². The molecule has 0 spiro atoms. The van der Waals surface area contributed by atoms with E-state index in [4.69, 9.17) is 9.84 Å². The Morgan fingerprint density at radius 1 is 1.11 bits per heavy atom. The molecule has 2 atom stereocenters. The van der Waals surface area contributed by atoms with Crippen molar-refractivity contribution in [1.29, 1.82) is 0 Å². The van der Waals surface area contributed by atoms with Crippen LogP contribution in [0.1, 0.15) is 47.2 Å². The van der Waals surface area contributed by atoms with E-state index in [1.807, 2.05) is 36.4 Å². The summed E-state index contributed by atoms with van der Waals surface area (Å²) < 4.78 is 36.6. The number of rotatable bonds is 6. The minimum Gasteiger partial charge on any atom is -0.497 e. The number of carboxylic acids is 1. The second kappa shape index (κ2) is 9.70. The van der Waals surface area contributed by atoms with Gasteiger partial charge in [-0.3, -0.25) is 4.90 Å². The minimum atomic E-state index is -1.18. The Bertz CT molecular complexity index is 1350. The average molecular weight is 488 g/mol. The van der Waals surface area contributed by atoms with E-state index in [9.17, 15) is 4.79 Å². The molecule has 0 aromatic heterocycles. The molecule has 0 amide bonds. The maximum atomic E-state index is 15.7. The third-order valence-electron chi connectivity index (χ3n) is 7.16. The predicted octanol–water partition coefficient (Wildman–Crippen LogP) is 6.42. The summed E-state index contributed by atoms with van der Waals surface area (Å²) in [4.78, 5) is 13.1. The maximum absolute atomic E-state index is 15.7. The maximum Gasteiger partial charge on any atom is 0.328 e. The van der Waals surface area contributed by atoms with Crippen LogP contribution in [0.4, 0.5) is 8.78 Å². The van der Waals surface area contributed by atoms with Gasteiger partial charge < -0.3 is 9.84 Å². The number of aliphatic carboxylic acids is 1. The molecule has 3 aromatic rings. The molecule has 2 aliphatic rings. The third-order valence-corrected chi connectivity index (χ3v) is 7.16. The number of hydrogen-bond acceptors (Lipinski definition) is 3. The molecule has 184 valence electrons. The van der Waals surface area contributed by atoms with E-state index in [0.29, 0.717) is 13.0 Å². The summed E-state index contributed by atoms with van der Waals surface area (Å²) in [6, 6.07) is 17.8. The fraction of sp³-hybridized carbons (Fsp3) is 0.233. The molecule has 1 aliphatic carbocycles. The van der Waals surface area contributed by atoms with E-state index in [1.165, 1.54) is 29.3 Å². The molecule has 3 aromatic carbocycles. The summed E-state index contributed by atoms with van der Waals surface area (Å²) in [5, 5.41) is 8.90. The van der Waals surface area contributed by atoms with Crippen LogP contribution in [0.2, 0.25) is 0 Å². The Hall–Kier alpha value is -3.77. The summed E-state index contributed by atoms with van der Waals surface area (Å²) in [6.07, 6.45) is 3.51. The van der Waals surface area contributed by atoms with Crippen molar-refractivity contribution in [2.75, 3.05) is 7.11 Å². The minimum absolute atomic E-state index is 0.00263. The Balaban J connectivity index is 1.61. The van der Waals surface area contributed by atoms with Crippen LogP contribution in [0, 0.1) is 11.6 Å². The highest BCUT2D eigenvalue weighted by Crippen LogP contribution is 2.50. The van der Waals surface area contributed by atoms with E-state index in [1.54, 1.807) is 7.11 Å². The van der Waals surface area contributed by atoms with Crippen molar-refractivity contribution in [3.63, 3.8) is 0 Å². The fourth-order valence-electron chi connectivity index (χ4n) is 5.48. The van der Waals surface area contributed by atoms with E-state index in [-0.39, 0.29) is 17.2 Å². The SMILES string of the molecule is COc1ccc(CN2[C@H](C)CC3=C(Cc4ccccc43)[C@H]2c2c(F)cc(/C=C/C(=O)O)cc2F)cc1. The van der Waals surface area contributed by atoms with Gasteiger partial charge >= 0.3 is 5.97 Å². The number of halogens is 2. The lowest BCUT2D eigenvalue weighted by molar-refractivity contribution is -0.131. The monoisotopic (exact) mass is 487 g/mol. The van der Waals surface area contributed by atoms with Crippen LogP contribution in [0.25, 0.3) is 11.6 Å². The van der Waals surface area contributed by atoms with Crippen LogP contribution in [-0.2, 0) is 17.8 Å². The standard InChI is InChI=1S/C30H27F2NO3/c1-18-13-24-23-6-4-3-5-21(23)16-25(24)30(33(18)17-19-7-10-22(36-2)11-8-19)29-26(31)14-20(15-27(29)32)9-12-28(34)35/h3-12,14-15,18,30H,13,16-17H2,1-2H3,(H,34,35)/b12-9+/t18-,30+/m1/s1. The van der Waals surface area contributed by atoms with Crippen LogP contribution < -0.4 is 4.74 Å². The molecule has 0 unspecified atom stereocenters. The Kier molecular flexibility index (Phi) is 6.46. The summed E-state index contributed by atoms with van der Waals surface area (Å²) in [7, 11) is 1.62. The fourth-order valence-corrected chi connectivity index (χ4v) is 5.48. The number of benzene rings is 3. The summed E-state index contributed by atoms with van der Waals surface area (Å²) in [5.41, 5.74) is 5.72. The molecule has 1 heterocycles. The second-order valence-electron chi connectivity index (χ2n) is 9.38. The molecule has 0 radical (unpaired) electrons. The molecule has 0 bridgehead atoms. The van der Waals surface area contributed by atoms with Gasteiger partial charge in [-0.15, -0.1) is 0 Å². The summed E-state index contributed by atoms with van der Waals surface area (Å²) >= 11 is 0. The van der Waals surface area contributed by atoms with Gasteiger partial charge in [0.2, 0.25) is 0 Å². The first kappa shape index (κ1) is 23.9. The van der Waals surface area contributed by atoms with E-state index in [2.05, 4.69) is 24.0 Å². The van der Waals surface area contributed by atoms with Crippen LogP contribution in [0.15, 0.2) is 72.3 Å². The zero-order valence-corrected chi connectivity index (χ0v) is 20.2. The van der Waals surface area contributed by atoms with E-state index in [0.717, 1.165) is 34.9 Å². The van der Waals surface area contributed by atoms with Gasteiger partial charge in [0.25, 0.3) is 0 Å². The lowest BCUT2D eigenvalue weighted by Gasteiger charge is -2.42. The topological polar surface area (TPSA) is 49.8 Å². The van der Waals surface area contributed by atoms with Crippen LogP contribution in [0.3, 0.4) is 0 Å². The molecule has 1 aliphatic heterocycles. The van der Waals surface area contributed by atoms with Crippen molar-refractivity contribution < 1.29 is 23.4 Å². The van der Waals surface area contributed by atoms with Crippen molar-refractivity contribution >= 4 is 17.6 Å². The smallest absolute Gasteiger partial charge is 0.328 e. The number of hydrogen-bond donors (Lipinski definition) is 1. The van der Waals surface area contributed by atoms with Gasteiger partial charge in [-0.25, -0.2) is 13.6 Å². The van der Waals surface area contributed by atoms with Crippen molar-refractivity contribution in [2.45, 2.75) is 38.4 Å². The number of nitrogens with zero attached hydrogens (tertiary/aromatic N) is 1. The normalized spacial score (nSPS) is 19.4. The van der Waals surface area contributed by atoms with Gasteiger partial charge in [-0.1, -0.05) is 36.4 Å². The van der Waals surface area contributed by atoms with Crippen LogP contribution >= 0.6 is 0 Å². The summed E-state index contributed by atoms with van der Waals surface area (Å²) in [6.45, 7) is 2.61. The van der Waals surface area contributed by atoms with Crippen molar-refractivity contribution in [3.05, 3.63) is 112 Å². The van der Waals surface area contributed by atoms with Crippen molar-refractivity contribution in [2.24, 2.45) is 0 Å².